The van der Waals surface area contributed by atoms with Gasteiger partial charge in [-0.15, -0.1) is 16.4 Å². The van der Waals surface area contributed by atoms with E-state index in [1.807, 2.05) is 41.8 Å². The molecule has 0 radical (unpaired) electrons. The van der Waals surface area contributed by atoms with Crippen LogP contribution in [0, 0.1) is 0 Å². The highest BCUT2D eigenvalue weighted by Crippen LogP contribution is 2.35. The number of aromatic nitrogens is 3. The fourth-order valence-corrected chi connectivity index (χ4v) is 5.70. The summed E-state index contributed by atoms with van der Waals surface area (Å²) in [4.78, 5) is 30.7. The van der Waals surface area contributed by atoms with Gasteiger partial charge in [-0.25, -0.2) is 4.68 Å². The van der Waals surface area contributed by atoms with Crippen molar-refractivity contribution in [1.82, 2.24) is 25.2 Å². The number of nitrogens with one attached hydrogen (secondary N) is 1. The van der Waals surface area contributed by atoms with Crippen molar-refractivity contribution in [1.29, 1.82) is 0 Å². The zero-order chi connectivity index (χ0) is 26.5. The van der Waals surface area contributed by atoms with E-state index in [1.165, 1.54) is 11.3 Å². The number of amides is 2. The third kappa shape index (κ3) is 5.50. The van der Waals surface area contributed by atoms with Crippen molar-refractivity contribution in [2.45, 2.75) is 50.9 Å². The molecule has 2 amide bonds. The number of nitrogens with zero attached hydrogens (tertiary/aromatic N) is 4. The summed E-state index contributed by atoms with van der Waals surface area (Å²) in [7, 11) is 3.13. The maximum Gasteiger partial charge on any atom is 0.247 e. The number of methoxy groups -OCH3 is 2. The van der Waals surface area contributed by atoms with Crippen LogP contribution < -0.4 is 14.8 Å². The monoisotopic (exact) mass is 533 g/mol. The maximum atomic E-state index is 14.1. The van der Waals surface area contributed by atoms with E-state index in [0.29, 0.717) is 22.6 Å². The first kappa shape index (κ1) is 25.7. The standard InChI is InChI=1S/C28H31N5O4S/c1-36-20-13-14-25(37-2)22(16-20)27(28(35)29-19-8-3-4-9-19)32(17-21-10-7-15-38-21)26(34)18-33-24-12-6-5-11-23(24)30-31-33/h5-7,10-16,19,27H,3-4,8-9,17-18H2,1-2H3,(H,29,35). The lowest BCUT2D eigenvalue weighted by atomic mass is 10.0. The maximum absolute atomic E-state index is 14.1. The third-order valence-electron chi connectivity index (χ3n) is 6.92. The minimum Gasteiger partial charge on any atom is -0.497 e. The van der Waals surface area contributed by atoms with Gasteiger partial charge in [-0.2, -0.15) is 0 Å². The van der Waals surface area contributed by atoms with Crippen LogP contribution in [0.1, 0.15) is 42.2 Å². The number of benzene rings is 2. The molecule has 4 aromatic rings. The van der Waals surface area contributed by atoms with Crippen molar-refractivity contribution in [2.75, 3.05) is 14.2 Å². The van der Waals surface area contributed by atoms with Gasteiger partial charge in [0.05, 0.1) is 26.3 Å². The Bertz CT molecular complexity index is 1400. The number of carbonyl (C=O) groups excluding carboxylic acids is 2. The molecule has 198 valence electrons. The van der Waals surface area contributed by atoms with Crippen molar-refractivity contribution >= 4 is 34.2 Å². The SMILES string of the molecule is COc1ccc(OC)c(C(C(=O)NC2CCCC2)N(Cc2cccs2)C(=O)Cn2nnc3ccccc32)c1. The number of fused-ring (bicyclic) bond motifs is 1. The second-order valence-electron chi connectivity index (χ2n) is 9.34. The quantitative estimate of drug-likeness (QED) is 0.326. The predicted molar refractivity (Wildman–Crippen MR) is 145 cm³/mol. The van der Waals surface area contributed by atoms with Gasteiger partial charge in [0, 0.05) is 16.5 Å². The van der Waals surface area contributed by atoms with Gasteiger partial charge in [0.1, 0.15) is 29.6 Å². The minimum atomic E-state index is -0.940. The van der Waals surface area contributed by atoms with E-state index in [9.17, 15) is 9.59 Å². The summed E-state index contributed by atoms with van der Waals surface area (Å²) < 4.78 is 12.7. The Balaban J connectivity index is 1.57. The first-order chi connectivity index (χ1) is 18.6. The van der Waals surface area contributed by atoms with E-state index >= 15 is 0 Å². The minimum absolute atomic E-state index is 0.0641. The van der Waals surface area contributed by atoms with Crippen molar-refractivity contribution in [3.63, 3.8) is 0 Å². The third-order valence-corrected chi connectivity index (χ3v) is 7.79. The molecule has 0 bridgehead atoms. The number of hydrogen-bond donors (Lipinski definition) is 1. The molecule has 0 spiro atoms. The van der Waals surface area contributed by atoms with Crippen molar-refractivity contribution in [3.8, 4) is 11.5 Å². The number of thiophene rings is 1. The number of hydrogen-bond acceptors (Lipinski definition) is 7. The van der Waals surface area contributed by atoms with E-state index < -0.39 is 6.04 Å². The Morgan fingerprint density at radius 1 is 1.11 bits per heavy atom. The number of para-hydroxylation sites is 1. The van der Waals surface area contributed by atoms with Gasteiger partial charge in [0.15, 0.2) is 0 Å². The lowest BCUT2D eigenvalue weighted by molar-refractivity contribution is -0.142. The molecule has 0 aliphatic heterocycles. The second kappa shape index (κ2) is 11.6. The van der Waals surface area contributed by atoms with Crippen LogP contribution in [0.5, 0.6) is 11.5 Å². The molecule has 2 aromatic carbocycles. The number of carbonyl (C=O) groups is 2. The first-order valence-corrected chi connectivity index (χ1v) is 13.6. The summed E-state index contributed by atoms with van der Waals surface area (Å²) in [6.07, 6.45) is 4.01. The molecule has 9 nitrogen and oxygen atoms in total. The van der Waals surface area contributed by atoms with E-state index in [0.717, 1.165) is 36.1 Å². The average Bonchev–Trinajstić information content (AvgIpc) is 3.72. The van der Waals surface area contributed by atoms with Crippen molar-refractivity contribution in [3.05, 3.63) is 70.4 Å². The van der Waals surface area contributed by atoms with Crippen LogP contribution in [0.25, 0.3) is 11.0 Å². The van der Waals surface area contributed by atoms with Crippen molar-refractivity contribution < 1.29 is 19.1 Å². The fourth-order valence-electron chi connectivity index (χ4n) is 5.00. The lowest BCUT2D eigenvalue weighted by Crippen LogP contribution is -2.46. The Morgan fingerprint density at radius 2 is 1.92 bits per heavy atom. The zero-order valence-electron chi connectivity index (χ0n) is 21.5. The Labute approximate surface area is 225 Å². The van der Waals surface area contributed by atoms with Gasteiger partial charge in [-0.3, -0.25) is 9.59 Å². The normalized spacial score (nSPS) is 14.4. The van der Waals surface area contributed by atoms with E-state index in [2.05, 4.69) is 15.6 Å². The molecule has 1 saturated carbocycles. The summed E-state index contributed by atoms with van der Waals surface area (Å²) in [5.74, 6) is 0.583. The van der Waals surface area contributed by atoms with Crippen LogP contribution in [-0.2, 0) is 22.7 Å². The summed E-state index contributed by atoms with van der Waals surface area (Å²) in [6.45, 7) is 0.192. The van der Waals surface area contributed by atoms with Gasteiger partial charge < -0.3 is 19.7 Å². The molecule has 0 saturated heterocycles. The molecule has 38 heavy (non-hydrogen) atoms. The summed E-state index contributed by atoms with van der Waals surface area (Å²) >= 11 is 1.54. The molecule has 2 heterocycles. The topological polar surface area (TPSA) is 98.6 Å². The highest BCUT2D eigenvalue weighted by atomic mass is 32.1. The van der Waals surface area contributed by atoms with Crippen molar-refractivity contribution in [2.24, 2.45) is 0 Å². The van der Waals surface area contributed by atoms with Crippen LogP contribution in [-0.4, -0.2) is 52.0 Å². The van der Waals surface area contributed by atoms with Gasteiger partial charge in [0.25, 0.3) is 0 Å². The Morgan fingerprint density at radius 3 is 2.66 bits per heavy atom. The first-order valence-electron chi connectivity index (χ1n) is 12.7. The van der Waals surface area contributed by atoms with Crippen LogP contribution in [0.2, 0.25) is 0 Å². The molecular formula is C28H31N5O4S. The Hall–Kier alpha value is -3.92. The summed E-state index contributed by atoms with van der Waals surface area (Å²) in [6, 6.07) is 15.9. The molecule has 5 rings (SSSR count). The number of ether oxygens (including phenoxy) is 2. The summed E-state index contributed by atoms with van der Waals surface area (Å²) in [5.41, 5.74) is 2.02. The second-order valence-corrected chi connectivity index (χ2v) is 10.4. The van der Waals surface area contributed by atoms with Crippen LogP contribution >= 0.6 is 11.3 Å². The molecular weight excluding hydrogens is 502 g/mol. The predicted octanol–water partition coefficient (Wildman–Crippen LogP) is 4.34. The van der Waals surface area contributed by atoms with E-state index in [1.54, 1.807) is 42.0 Å². The fraction of sp³-hybridized carbons (Fsp3) is 0.357. The molecule has 1 atom stereocenters. The number of rotatable bonds is 10. The van der Waals surface area contributed by atoms with Crippen LogP contribution in [0.4, 0.5) is 0 Å². The molecule has 1 fully saturated rings. The molecule has 1 aliphatic carbocycles. The largest absolute Gasteiger partial charge is 0.497 e. The zero-order valence-corrected chi connectivity index (χ0v) is 22.3. The summed E-state index contributed by atoms with van der Waals surface area (Å²) in [5, 5.41) is 13.6. The molecule has 10 heteroatoms. The Kier molecular flexibility index (Phi) is 7.88. The van der Waals surface area contributed by atoms with Gasteiger partial charge in [0.2, 0.25) is 11.8 Å². The van der Waals surface area contributed by atoms with Gasteiger partial charge in [-0.05, 0) is 54.6 Å². The highest BCUT2D eigenvalue weighted by molar-refractivity contribution is 7.09. The highest BCUT2D eigenvalue weighted by Gasteiger charge is 2.36. The lowest BCUT2D eigenvalue weighted by Gasteiger charge is -2.33. The molecule has 1 unspecified atom stereocenters. The average molecular weight is 534 g/mol. The smallest absolute Gasteiger partial charge is 0.247 e. The molecule has 1 N–H and O–H groups in total. The van der Waals surface area contributed by atoms with Crippen LogP contribution in [0.15, 0.2) is 60.0 Å². The van der Waals surface area contributed by atoms with Gasteiger partial charge in [-0.1, -0.05) is 36.3 Å². The van der Waals surface area contributed by atoms with E-state index in [4.69, 9.17) is 9.47 Å². The van der Waals surface area contributed by atoms with Gasteiger partial charge >= 0.3 is 0 Å². The van der Waals surface area contributed by atoms with Crippen LogP contribution in [0.3, 0.4) is 0 Å². The van der Waals surface area contributed by atoms with E-state index in [-0.39, 0.29) is 30.9 Å². The molecule has 2 aromatic heterocycles. The molecule has 1 aliphatic rings.